The van der Waals surface area contributed by atoms with Crippen molar-refractivity contribution in [3.8, 4) is 0 Å². The van der Waals surface area contributed by atoms with Crippen LogP contribution in [0.2, 0.25) is 0 Å². The van der Waals surface area contributed by atoms with Gasteiger partial charge >= 0.3 is 0 Å². The number of carbonyl (C=O) groups excluding carboxylic acids is 1. The van der Waals surface area contributed by atoms with Crippen molar-refractivity contribution in [3.05, 3.63) is 58.5 Å². The average Bonchev–Trinajstić information content (AvgIpc) is 2.94. The molecule has 0 fully saturated rings. The summed E-state index contributed by atoms with van der Waals surface area (Å²) in [4.78, 5) is 34.7. The molecular weight excluding hydrogens is 258 g/mol. The Morgan fingerprint density at radius 1 is 1.45 bits per heavy atom. The molecule has 3 heterocycles. The number of hydrogen-bond donors (Lipinski definition) is 2. The standard InChI is InChI=1S/C13H11N5O2/c14-12(19)9-4-10-11(2-1-3-16-10)18(13(9)20)6-8-5-15-7-17-8/h1-5,7H,6H2,(H2,14,19)(H,15,17). The van der Waals surface area contributed by atoms with Gasteiger partial charge in [-0.05, 0) is 18.2 Å². The Morgan fingerprint density at radius 3 is 3.00 bits per heavy atom. The van der Waals surface area contributed by atoms with Gasteiger partial charge in [-0.25, -0.2) is 4.98 Å². The number of aromatic amines is 1. The Labute approximate surface area is 113 Å². The van der Waals surface area contributed by atoms with Gasteiger partial charge in [-0.2, -0.15) is 0 Å². The molecule has 0 aliphatic carbocycles. The van der Waals surface area contributed by atoms with E-state index in [1.807, 2.05) is 0 Å². The van der Waals surface area contributed by atoms with E-state index in [0.717, 1.165) is 5.69 Å². The first-order chi connectivity index (χ1) is 9.66. The molecule has 0 bridgehead atoms. The fourth-order valence-electron chi connectivity index (χ4n) is 2.08. The van der Waals surface area contributed by atoms with Crippen LogP contribution in [0.15, 0.2) is 41.7 Å². The van der Waals surface area contributed by atoms with Gasteiger partial charge < -0.3 is 15.3 Å². The zero-order valence-corrected chi connectivity index (χ0v) is 10.4. The van der Waals surface area contributed by atoms with Gasteiger partial charge in [0.2, 0.25) is 0 Å². The summed E-state index contributed by atoms with van der Waals surface area (Å²) >= 11 is 0. The van der Waals surface area contributed by atoms with Crippen LogP contribution in [0.25, 0.3) is 11.0 Å². The normalized spacial score (nSPS) is 10.8. The van der Waals surface area contributed by atoms with E-state index in [0.29, 0.717) is 11.0 Å². The molecule has 0 unspecified atom stereocenters. The highest BCUT2D eigenvalue weighted by Gasteiger charge is 2.14. The van der Waals surface area contributed by atoms with E-state index in [9.17, 15) is 9.59 Å². The number of nitrogens with two attached hydrogens (primary N) is 1. The van der Waals surface area contributed by atoms with Gasteiger partial charge in [0.25, 0.3) is 11.5 Å². The fourth-order valence-corrected chi connectivity index (χ4v) is 2.08. The minimum atomic E-state index is -0.763. The van der Waals surface area contributed by atoms with Gasteiger partial charge in [0.1, 0.15) is 5.56 Å². The number of carbonyl (C=O) groups is 1. The highest BCUT2D eigenvalue weighted by Crippen LogP contribution is 2.11. The van der Waals surface area contributed by atoms with Crippen LogP contribution >= 0.6 is 0 Å². The molecule has 20 heavy (non-hydrogen) atoms. The number of rotatable bonds is 3. The summed E-state index contributed by atoms with van der Waals surface area (Å²) < 4.78 is 1.45. The van der Waals surface area contributed by atoms with Gasteiger partial charge in [0.05, 0.1) is 29.6 Å². The molecule has 0 spiro atoms. The second-order valence-electron chi connectivity index (χ2n) is 4.30. The van der Waals surface area contributed by atoms with E-state index in [-0.39, 0.29) is 12.1 Å². The number of H-pyrrole nitrogens is 1. The van der Waals surface area contributed by atoms with Crippen LogP contribution in [0.4, 0.5) is 0 Å². The highest BCUT2D eigenvalue weighted by atomic mass is 16.2. The largest absolute Gasteiger partial charge is 0.365 e. The number of primary amides is 1. The average molecular weight is 269 g/mol. The first-order valence-corrected chi connectivity index (χ1v) is 5.92. The minimum Gasteiger partial charge on any atom is -0.365 e. The number of aromatic nitrogens is 4. The number of nitrogens with one attached hydrogen (secondary N) is 1. The Balaban J connectivity index is 2.29. The lowest BCUT2D eigenvalue weighted by molar-refractivity contribution is 0.0998. The molecular formula is C13H11N5O2. The van der Waals surface area contributed by atoms with Crippen molar-refractivity contribution >= 4 is 16.9 Å². The molecule has 1 amide bonds. The van der Waals surface area contributed by atoms with E-state index in [1.165, 1.54) is 17.0 Å². The van der Waals surface area contributed by atoms with E-state index >= 15 is 0 Å². The summed E-state index contributed by atoms with van der Waals surface area (Å²) in [6, 6.07) is 4.92. The SMILES string of the molecule is NC(=O)c1cc2ncccc2n(Cc2cnc[nH]2)c1=O. The maximum absolute atomic E-state index is 12.4. The van der Waals surface area contributed by atoms with Crippen LogP contribution in [0.1, 0.15) is 16.1 Å². The van der Waals surface area contributed by atoms with E-state index in [1.54, 1.807) is 24.5 Å². The molecule has 3 rings (SSSR count). The van der Waals surface area contributed by atoms with Crippen molar-refractivity contribution in [2.45, 2.75) is 6.54 Å². The van der Waals surface area contributed by atoms with Gasteiger partial charge in [0.15, 0.2) is 0 Å². The Hall–Kier alpha value is -2.96. The zero-order valence-electron chi connectivity index (χ0n) is 10.4. The molecule has 0 saturated heterocycles. The van der Waals surface area contributed by atoms with Gasteiger partial charge in [-0.1, -0.05) is 0 Å². The maximum Gasteiger partial charge on any atom is 0.264 e. The molecule has 0 atom stereocenters. The summed E-state index contributed by atoms with van der Waals surface area (Å²) in [5.41, 5.74) is 6.66. The highest BCUT2D eigenvalue weighted by molar-refractivity contribution is 5.95. The predicted octanol–water partition coefficient (Wildman–Crippen LogP) is 0.267. The fraction of sp³-hybridized carbons (Fsp3) is 0.0769. The van der Waals surface area contributed by atoms with E-state index in [4.69, 9.17) is 5.73 Å². The van der Waals surface area contributed by atoms with Crippen molar-refractivity contribution in [1.29, 1.82) is 0 Å². The summed E-state index contributed by atoms with van der Waals surface area (Å²) in [5.74, 6) is -0.763. The number of nitrogens with zero attached hydrogens (tertiary/aromatic N) is 3. The summed E-state index contributed by atoms with van der Waals surface area (Å²) in [6.45, 7) is 0.266. The zero-order chi connectivity index (χ0) is 14.1. The predicted molar refractivity (Wildman–Crippen MR) is 72.2 cm³/mol. The van der Waals surface area contributed by atoms with Crippen LogP contribution < -0.4 is 11.3 Å². The molecule has 0 aliphatic rings. The molecule has 0 aromatic carbocycles. The van der Waals surface area contributed by atoms with Crippen molar-refractivity contribution in [1.82, 2.24) is 19.5 Å². The quantitative estimate of drug-likeness (QED) is 0.711. The molecule has 0 radical (unpaired) electrons. The third-order valence-electron chi connectivity index (χ3n) is 3.01. The number of fused-ring (bicyclic) bond motifs is 1. The van der Waals surface area contributed by atoms with E-state index < -0.39 is 11.5 Å². The van der Waals surface area contributed by atoms with Crippen LogP contribution in [0.3, 0.4) is 0 Å². The summed E-state index contributed by atoms with van der Waals surface area (Å²) in [6.07, 6.45) is 4.74. The van der Waals surface area contributed by atoms with Crippen molar-refractivity contribution in [3.63, 3.8) is 0 Å². The Kier molecular flexibility index (Phi) is 2.79. The molecule has 7 nitrogen and oxygen atoms in total. The minimum absolute atomic E-state index is 0.0734. The molecule has 0 saturated carbocycles. The molecule has 3 aromatic heterocycles. The first kappa shape index (κ1) is 12.1. The van der Waals surface area contributed by atoms with Crippen LogP contribution in [-0.4, -0.2) is 25.4 Å². The Bertz CT molecular complexity index is 836. The molecule has 3 aromatic rings. The second kappa shape index (κ2) is 4.61. The second-order valence-corrected chi connectivity index (χ2v) is 4.30. The summed E-state index contributed by atoms with van der Waals surface area (Å²) in [7, 11) is 0. The monoisotopic (exact) mass is 269 g/mol. The van der Waals surface area contributed by atoms with E-state index in [2.05, 4.69) is 15.0 Å². The van der Waals surface area contributed by atoms with Gasteiger partial charge in [0, 0.05) is 12.4 Å². The third kappa shape index (κ3) is 1.95. The van der Waals surface area contributed by atoms with Crippen LogP contribution in [0.5, 0.6) is 0 Å². The van der Waals surface area contributed by atoms with Gasteiger partial charge in [-0.3, -0.25) is 14.6 Å². The maximum atomic E-state index is 12.4. The number of hydrogen-bond acceptors (Lipinski definition) is 4. The lowest BCUT2D eigenvalue weighted by Gasteiger charge is -2.10. The lowest BCUT2D eigenvalue weighted by atomic mass is 10.2. The lowest BCUT2D eigenvalue weighted by Crippen LogP contribution is -2.30. The Morgan fingerprint density at radius 2 is 2.30 bits per heavy atom. The third-order valence-corrected chi connectivity index (χ3v) is 3.01. The van der Waals surface area contributed by atoms with Gasteiger partial charge in [-0.15, -0.1) is 0 Å². The number of pyridine rings is 2. The first-order valence-electron chi connectivity index (χ1n) is 5.92. The topological polar surface area (TPSA) is 107 Å². The molecule has 7 heteroatoms. The number of imidazole rings is 1. The van der Waals surface area contributed by atoms with Crippen molar-refractivity contribution in [2.24, 2.45) is 5.73 Å². The van der Waals surface area contributed by atoms with Crippen LogP contribution in [-0.2, 0) is 6.54 Å². The molecule has 3 N–H and O–H groups in total. The van der Waals surface area contributed by atoms with Crippen molar-refractivity contribution in [2.75, 3.05) is 0 Å². The molecule has 100 valence electrons. The number of amides is 1. The summed E-state index contributed by atoms with van der Waals surface area (Å²) in [5, 5.41) is 0. The smallest absolute Gasteiger partial charge is 0.264 e. The van der Waals surface area contributed by atoms with Crippen molar-refractivity contribution < 1.29 is 4.79 Å². The van der Waals surface area contributed by atoms with Crippen LogP contribution in [0, 0.1) is 0 Å². The molecule has 0 aliphatic heterocycles.